The minimum absolute atomic E-state index is 0.127. The van der Waals surface area contributed by atoms with Gasteiger partial charge in [0.2, 0.25) is 0 Å². The van der Waals surface area contributed by atoms with Crippen molar-refractivity contribution in [1.82, 2.24) is 4.90 Å². The Morgan fingerprint density at radius 2 is 1.62 bits per heavy atom. The summed E-state index contributed by atoms with van der Waals surface area (Å²) < 4.78 is 5.48. The highest BCUT2D eigenvalue weighted by Crippen LogP contribution is 2.28. The standard InChI is InChI=1S/C36H44N2O4/c1-6-38-33(37-31(34(38)39)15-9-11-25-17-20-29(21-18-25)36(3,4)5)16-10-13-26-12-8-14-27(23-26)28-19-22-32(42-7-2)30(24-28)35(40)41/h8,12,14,17-24,31H,6-7,9-11,13,15-16H2,1-5H3,(H,40,41). The van der Waals surface area contributed by atoms with E-state index in [0.29, 0.717) is 18.9 Å². The van der Waals surface area contributed by atoms with Crippen LogP contribution >= 0.6 is 0 Å². The zero-order chi connectivity index (χ0) is 30.3. The Morgan fingerprint density at radius 3 is 2.29 bits per heavy atom. The molecule has 1 N–H and O–H groups in total. The van der Waals surface area contributed by atoms with Crippen molar-refractivity contribution in [1.29, 1.82) is 0 Å². The molecule has 222 valence electrons. The maximum absolute atomic E-state index is 13.1. The molecule has 0 aromatic heterocycles. The summed E-state index contributed by atoms with van der Waals surface area (Å²) in [6.45, 7) is 11.6. The molecule has 0 spiro atoms. The van der Waals surface area contributed by atoms with Crippen LogP contribution in [0.3, 0.4) is 0 Å². The smallest absolute Gasteiger partial charge is 0.339 e. The number of rotatable bonds is 13. The van der Waals surface area contributed by atoms with Crippen LogP contribution in [-0.2, 0) is 23.1 Å². The second-order valence-corrected chi connectivity index (χ2v) is 12.0. The van der Waals surface area contributed by atoms with Crippen LogP contribution in [0.15, 0.2) is 71.7 Å². The van der Waals surface area contributed by atoms with Gasteiger partial charge in [-0.3, -0.25) is 14.7 Å². The fourth-order valence-corrected chi connectivity index (χ4v) is 5.52. The summed E-state index contributed by atoms with van der Waals surface area (Å²) in [6.07, 6.45) is 5.12. The highest BCUT2D eigenvalue weighted by atomic mass is 16.5. The Kier molecular flexibility index (Phi) is 10.2. The summed E-state index contributed by atoms with van der Waals surface area (Å²) in [5.41, 5.74) is 5.92. The van der Waals surface area contributed by atoms with Crippen LogP contribution in [0.4, 0.5) is 0 Å². The molecule has 4 rings (SSSR count). The zero-order valence-electron chi connectivity index (χ0n) is 25.7. The lowest BCUT2D eigenvalue weighted by Gasteiger charge is -2.19. The summed E-state index contributed by atoms with van der Waals surface area (Å²) in [6, 6.07) is 22.1. The van der Waals surface area contributed by atoms with Crippen LogP contribution < -0.4 is 4.74 Å². The van der Waals surface area contributed by atoms with Crippen molar-refractivity contribution in [2.75, 3.05) is 13.2 Å². The van der Waals surface area contributed by atoms with Crippen molar-refractivity contribution in [3.05, 3.63) is 89.0 Å². The molecule has 1 heterocycles. The lowest BCUT2D eigenvalue weighted by molar-refractivity contribution is -0.127. The van der Waals surface area contributed by atoms with Gasteiger partial charge in [0.25, 0.3) is 5.91 Å². The minimum Gasteiger partial charge on any atom is -0.493 e. The van der Waals surface area contributed by atoms with Gasteiger partial charge in [-0.05, 0) is 91.3 Å². The molecular formula is C36H44N2O4. The molecule has 0 radical (unpaired) electrons. The number of likely N-dealkylation sites (N-methyl/N-ethyl adjacent to an activating group) is 1. The second-order valence-electron chi connectivity index (χ2n) is 12.0. The molecule has 6 heteroatoms. The number of aromatic carboxylic acids is 1. The van der Waals surface area contributed by atoms with Gasteiger partial charge in [-0.1, -0.05) is 75.4 Å². The summed E-state index contributed by atoms with van der Waals surface area (Å²) in [7, 11) is 0. The first kappa shape index (κ1) is 31.0. The van der Waals surface area contributed by atoms with Crippen LogP contribution in [0, 0.1) is 0 Å². The molecule has 1 amide bonds. The number of amidine groups is 1. The van der Waals surface area contributed by atoms with E-state index in [4.69, 9.17) is 9.73 Å². The molecule has 0 bridgehead atoms. The van der Waals surface area contributed by atoms with E-state index >= 15 is 0 Å². The number of carboxylic acids is 1. The maximum Gasteiger partial charge on any atom is 0.339 e. The van der Waals surface area contributed by atoms with Crippen molar-refractivity contribution >= 4 is 17.7 Å². The first-order chi connectivity index (χ1) is 20.1. The fourth-order valence-electron chi connectivity index (χ4n) is 5.52. The molecule has 6 nitrogen and oxygen atoms in total. The number of hydrogen-bond acceptors (Lipinski definition) is 4. The third-order valence-electron chi connectivity index (χ3n) is 7.88. The van der Waals surface area contributed by atoms with Gasteiger partial charge >= 0.3 is 5.97 Å². The number of amides is 1. The van der Waals surface area contributed by atoms with Gasteiger partial charge in [0.05, 0.1) is 6.61 Å². The van der Waals surface area contributed by atoms with E-state index < -0.39 is 5.97 Å². The Morgan fingerprint density at radius 1 is 0.905 bits per heavy atom. The predicted molar refractivity (Wildman–Crippen MR) is 170 cm³/mol. The Bertz CT molecular complexity index is 1420. The topological polar surface area (TPSA) is 79.2 Å². The van der Waals surface area contributed by atoms with Crippen molar-refractivity contribution in [3.63, 3.8) is 0 Å². The Hall–Kier alpha value is -3.93. The average Bonchev–Trinajstić information content (AvgIpc) is 3.27. The highest BCUT2D eigenvalue weighted by Gasteiger charge is 2.32. The number of carbonyl (C=O) groups is 2. The molecule has 1 unspecified atom stereocenters. The van der Waals surface area contributed by atoms with Crippen LogP contribution in [-0.4, -0.2) is 46.9 Å². The third-order valence-corrected chi connectivity index (χ3v) is 7.88. The maximum atomic E-state index is 13.1. The van der Waals surface area contributed by atoms with Gasteiger partial charge < -0.3 is 9.84 Å². The first-order valence-electron chi connectivity index (χ1n) is 15.2. The van der Waals surface area contributed by atoms with Crippen LogP contribution in [0.25, 0.3) is 11.1 Å². The fraction of sp³-hybridized carbons (Fsp3) is 0.417. The largest absolute Gasteiger partial charge is 0.493 e. The minimum atomic E-state index is -1.00. The summed E-state index contributed by atoms with van der Waals surface area (Å²) in [5.74, 6) is 0.403. The number of carboxylic acid groups (broad SMARTS) is 1. The molecule has 3 aromatic rings. The number of nitrogens with zero attached hydrogens (tertiary/aromatic N) is 2. The number of aryl methyl sites for hydroxylation is 2. The Balaban J connectivity index is 1.34. The lowest BCUT2D eigenvalue weighted by Crippen LogP contribution is -2.35. The number of benzene rings is 3. The van der Waals surface area contributed by atoms with Gasteiger partial charge in [0.1, 0.15) is 23.2 Å². The molecule has 0 aliphatic carbocycles. The van der Waals surface area contributed by atoms with E-state index in [1.165, 1.54) is 16.7 Å². The third kappa shape index (κ3) is 7.67. The highest BCUT2D eigenvalue weighted by molar-refractivity contribution is 6.05. The SMILES string of the molecule is CCOc1ccc(-c2cccc(CCCC3=NC(CCCc4ccc(C(C)(C)C)cc4)C(=O)N3CC)c2)cc1C(=O)O. The van der Waals surface area contributed by atoms with Gasteiger partial charge in [-0.15, -0.1) is 0 Å². The normalized spacial score (nSPS) is 15.2. The Labute approximate surface area is 250 Å². The quantitative estimate of drug-likeness (QED) is 0.229. The molecule has 42 heavy (non-hydrogen) atoms. The average molecular weight is 569 g/mol. The number of ether oxygens (including phenoxy) is 1. The second kappa shape index (κ2) is 13.8. The molecule has 0 saturated carbocycles. The predicted octanol–water partition coefficient (Wildman–Crippen LogP) is 7.72. The zero-order valence-corrected chi connectivity index (χ0v) is 25.7. The van der Waals surface area contributed by atoms with Gasteiger partial charge in [0.15, 0.2) is 0 Å². The van der Waals surface area contributed by atoms with Crippen LogP contribution in [0.2, 0.25) is 0 Å². The van der Waals surface area contributed by atoms with E-state index in [9.17, 15) is 14.7 Å². The van der Waals surface area contributed by atoms with Crippen molar-refractivity contribution in [3.8, 4) is 16.9 Å². The summed E-state index contributed by atoms with van der Waals surface area (Å²) in [5, 5.41) is 9.63. The van der Waals surface area contributed by atoms with E-state index in [1.54, 1.807) is 12.1 Å². The van der Waals surface area contributed by atoms with E-state index in [0.717, 1.165) is 55.5 Å². The van der Waals surface area contributed by atoms with Gasteiger partial charge in [0, 0.05) is 13.0 Å². The van der Waals surface area contributed by atoms with Crippen LogP contribution in [0.5, 0.6) is 5.75 Å². The molecule has 0 saturated heterocycles. The van der Waals surface area contributed by atoms with Crippen molar-refractivity contribution in [2.24, 2.45) is 4.99 Å². The molecule has 3 aromatic carbocycles. The molecule has 1 atom stereocenters. The number of aliphatic imine (C=N–C) groups is 1. The van der Waals surface area contributed by atoms with E-state index in [2.05, 4.69) is 57.2 Å². The van der Waals surface area contributed by atoms with Gasteiger partial charge in [-0.25, -0.2) is 4.79 Å². The number of hydrogen-bond donors (Lipinski definition) is 1. The number of carbonyl (C=O) groups excluding carboxylic acids is 1. The van der Waals surface area contributed by atoms with E-state index in [-0.39, 0.29) is 22.9 Å². The first-order valence-corrected chi connectivity index (χ1v) is 15.2. The molecule has 1 aliphatic rings. The van der Waals surface area contributed by atoms with Crippen molar-refractivity contribution in [2.45, 2.75) is 84.6 Å². The monoisotopic (exact) mass is 568 g/mol. The van der Waals surface area contributed by atoms with Crippen molar-refractivity contribution < 1.29 is 19.4 Å². The summed E-state index contributed by atoms with van der Waals surface area (Å²) >= 11 is 0. The lowest BCUT2D eigenvalue weighted by atomic mass is 9.86. The molecule has 1 aliphatic heterocycles. The summed E-state index contributed by atoms with van der Waals surface area (Å²) in [4.78, 5) is 31.6. The van der Waals surface area contributed by atoms with Crippen LogP contribution in [0.1, 0.15) is 87.4 Å². The molecule has 0 fully saturated rings. The van der Waals surface area contributed by atoms with Gasteiger partial charge in [-0.2, -0.15) is 0 Å². The molecular weight excluding hydrogens is 524 g/mol. The van der Waals surface area contributed by atoms with E-state index in [1.807, 2.05) is 36.9 Å².